The lowest BCUT2D eigenvalue weighted by molar-refractivity contribution is -0.121. The van der Waals surface area contributed by atoms with Crippen molar-refractivity contribution in [2.24, 2.45) is 5.92 Å². The molecule has 0 saturated carbocycles. The van der Waals surface area contributed by atoms with Crippen LogP contribution in [-0.2, 0) is 17.6 Å². The van der Waals surface area contributed by atoms with Crippen LogP contribution in [0.3, 0.4) is 0 Å². The van der Waals surface area contributed by atoms with Gasteiger partial charge in [0.25, 0.3) is 0 Å². The van der Waals surface area contributed by atoms with Gasteiger partial charge in [0.15, 0.2) is 5.92 Å². The second-order valence-electron chi connectivity index (χ2n) is 5.56. The number of Topliss-reactive ketones (excluding diaryl/α,β-unsaturated/α-hetero) is 1. The van der Waals surface area contributed by atoms with E-state index in [1.807, 2.05) is 0 Å². The third kappa shape index (κ3) is 2.56. The largest absolute Gasteiger partial charge is 0.358 e. The summed E-state index contributed by atoms with van der Waals surface area (Å²) in [5.74, 6) is -3.03. The second kappa shape index (κ2) is 6.24. The zero-order valence-electron chi connectivity index (χ0n) is 13.0. The monoisotopic (exact) mass is 326 g/mol. The molecule has 0 fully saturated rings. The number of benzene rings is 1. The molecule has 24 heavy (non-hydrogen) atoms. The maximum Gasteiger partial charge on any atom is 0.245 e. The van der Waals surface area contributed by atoms with Gasteiger partial charge >= 0.3 is 0 Å². The first-order chi connectivity index (χ1) is 11.6. The highest BCUT2D eigenvalue weighted by Gasteiger charge is 2.34. The molecule has 3 rings (SSSR count). The van der Waals surface area contributed by atoms with Crippen molar-refractivity contribution in [3.05, 3.63) is 47.0 Å². The summed E-state index contributed by atoms with van der Waals surface area (Å²) in [5, 5.41) is 15.8. The molecule has 7 heteroatoms. The molecule has 1 aliphatic carbocycles. The third-order valence-electron chi connectivity index (χ3n) is 4.13. The van der Waals surface area contributed by atoms with E-state index >= 15 is 0 Å². The van der Waals surface area contributed by atoms with E-state index in [-0.39, 0.29) is 11.5 Å². The molecule has 2 aromatic rings. The minimum absolute atomic E-state index is 0.155. The van der Waals surface area contributed by atoms with Crippen molar-refractivity contribution in [3.63, 3.8) is 0 Å². The molecule has 0 aliphatic heterocycles. The zero-order valence-corrected chi connectivity index (χ0v) is 13.0. The van der Waals surface area contributed by atoms with Gasteiger partial charge in [-0.2, -0.15) is 10.4 Å². The van der Waals surface area contributed by atoms with Crippen LogP contribution in [-0.4, -0.2) is 28.5 Å². The molecule has 1 aromatic carbocycles. The van der Waals surface area contributed by atoms with Crippen molar-refractivity contribution in [3.8, 4) is 11.8 Å². The summed E-state index contributed by atoms with van der Waals surface area (Å²) >= 11 is 0. The molecule has 1 aromatic heterocycles. The molecule has 1 atom stereocenters. The van der Waals surface area contributed by atoms with Gasteiger partial charge in [0, 0.05) is 18.3 Å². The Morgan fingerprint density at radius 2 is 2.04 bits per heavy atom. The van der Waals surface area contributed by atoms with Gasteiger partial charge in [-0.15, -0.1) is 0 Å². The molecule has 1 aliphatic rings. The number of rotatable bonds is 4. The van der Waals surface area contributed by atoms with E-state index in [1.165, 1.54) is 19.2 Å². The lowest BCUT2D eigenvalue weighted by atomic mass is 9.99. The highest BCUT2D eigenvalue weighted by molar-refractivity contribution is 6.12. The minimum Gasteiger partial charge on any atom is -0.358 e. The van der Waals surface area contributed by atoms with Gasteiger partial charge in [0.2, 0.25) is 11.7 Å². The molecule has 0 radical (unpaired) electrons. The second-order valence-corrected chi connectivity index (χ2v) is 5.56. The summed E-state index contributed by atoms with van der Waals surface area (Å²) in [6.45, 7) is 0. The Bertz CT molecular complexity index is 849. The molecular weight excluding hydrogens is 311 g/mol. The quantitative estimate of drug-likeness (QED) is 0.682. The predicted octanol–water partition coefficient (Wildman–Crippen LogP) is 1.57. The van der Waals surface area contributed by atoms with Gasteiger partial charge in [-0.1, -0.05) is 0 Å². The van der Waals surface area contributed by atoms with Crippen LogP contribution in [0.1, 0.15) is 28.2 Å². The van der Waals surface area contributed by atoms with Crippen LogP contribution in [0.25, 0.3) is 5.69 Å². The van der Waals surface area contributed by atoms with E-state index < -0.39 is 17.6 Å². The Labute approximate surface area is 137 Å². The van der Waals surface area contributed by atoms with E-state index in [9.17, 15) is 14.0 Å². The fourth-order valence-corrected chi connectivity index (χ4v) is 2.95. The maximum atomic E-state index is 13.1. The van der Waals surface area contributed by atoms with Gasteiger partial charge < -0.3 is 5.32 Å². The van der Waals surface area contributed by atoms with Crippen molar-refractivity contribution in [2.75, 3.05) is 7.05 Å². The summed E-state index contributed by atoms with van der Waals surface area (Å²) in [6.07, 6.45) is 2.28. The number of halogens is 1. The normalized spacial score (nSPS) is 13.9. The molecule has 1 N–H and O–H groups in total. The van der Waals surface area contributed by atoms with E-state index in [0.717, 1.165) is 24.1 Å². The number of ketones is 1. The SMILES string of the molecule is CNC(=O)[C@@H](C#N)C(=O)c1nn(-c2ccc(F)cc2)c2c1CCC2. The van der Waals surface area contributed by atoms with Gasteiger partial charge in [0.1, 0.15) is 11.5 Å². The Kier molecular flexibility index (Phi) is 4.13. The van der Waals surface area contributed by atoms with Crippen molar-refractivity contribution in [1.82, 2.24) is 15.1 Å². The summed E-state index contributed by atoms with van der Waals surface area (Å²) in [5.41, 5.74) is 2.44. The first-order valence-electron chi connectivity index (χ1n) is 7.59. The fraction of sp³-hybridized carbons (Fsp3) is 0.294. The highest BCUT2D eigenvalue weighted by Crippen LogP contribution is 2.29. The molecule has 1 heterocycles. The highest BCUT2D eigenvalue weighted by atomic mass is 19.1. The van der Waals surface area contributed by atoms with Gasteiger partial charge in [-0.25, -0.2) is 9.07 Å². The molecular formula is C17H15FN4O2. The van der Waals surface area contributed by atoms with Crippen LogP contribution in [0.15, 0.2) is 24.3 Å². The average molecular weight is 326 g/mol. The van der Waals surface area contributed by atoms with Crippen LogP contribution in [0, 0.1) is 23.1 Å². The molecule has 0 bridgehead atoms. The van der Waals surface area contributed by atoms with E-state index in [2.05, 4.69) is 10.4 Å². The number of fused-ring (bicyclic) bond motifs is 1. The lowest BCUT2D eigenvalue weighted by Gasteiger charge is -2.06. The van der Waals surface area contributed by atoms with Gasteiger partial charge in [0.05, 0.1) is 11.8 Å². The number of nitriles is 1. The Morgan fingerprint density at radius 3 is 2.67 bits per heavy atom. The number of carbonyl (C=O) groups is 2. The third-order valence-corrected chi connectivity index (χ3v) is 4.13. The van der Waals surface area contributed by atoms with E-state index in [1.54, 1.807) is 22.9 Å². The van der Waals surface area contributed by atoms with Crippen LogP contribution in [0.5, 0.6) is 0 Å². The standard InChI is InChI=1S/C17H15FN4O2/c1-20-17(24)13(9-19)16(23)15-12-3-2-4-14(12)22(21-15)11-7-5-10(18)6-8-11/h5-8,13H,2-4H2,1H3,(H,20,24)/t13-/m0/s1. The summed E-state index contributed by atoms with van der Waals surface area (Å²) in [6, 6.07) is 7.54. The topological polar surface area (TPSA) is 87.8 Å². The number of amides is 1. The summed E-state index contributed by atoms with van der Waals surface area (Å²) in [4.78, 5) is 24.4. The van der Waals surface area contributed by atoms with Crippen molar-refractivity contribution in [1.29, 1.82) is 5.26 Å². The summed E-state index contributed by atoms with van der Waals surface area (Å²) in [7, 11) is 1.38. The average Bonchev–Trinajstić information content (AvgIpc) is 3.18. The first kappa shape index (κ1) is 15.9. The number of aromatic nitrogens is 2. The lowest BCUT2D eigenvalue weighted by Crippen LogP contribution is -2.32. The van der Waals surface area contributed by atoms with Crippen molar-refractivity contribution < 1.29 is 14.0 Å². The van der Waals surface area contributed by atoms with E-state index in [0.29, 0.717) is 12.1 Å². The van der Waals surface area contributed by atoms with Crippen LogP contribution in [0.2, 0.25) is 0 Å². The fourth-order valence-electron chi connectivity index (χ4n) is 2.95. The molecule has 0 saturated heterocycles. The number of nitrogens with one attached hydrogen (secondary N) is 1. The number of carbonyl (C=O) groups excluding carboxylic acids is 2. The Morgan fingerprint density at radius 1 is 1.33 bits per heavy atom. The zero-order chi connectivity index (χ0) is 17.3. The number of nitrogens with zero attached hydrogens (tertiary/aromatic N) is 3. The Hall–Kier alpha value is -3.01. The van der Waals surface area contributed by atoms with Crippen LogP contribution >= 0.6 is 0 Å². The predicted molar refractivity (Wildman–Crippen MR) is 83.0 cm³/mol. The van der Waals surface area contributed by atoms with Gasteiger partial charge in [-0.3, -0.25) is 9.59 Å². The summed E-state index contributed by atoms with van der Waals surface area (Å²) < 4.78 is 14.7. The molecule has 122 valence electrons. The number of hydrogen-bond acceptors (Lipinski definition) is 4. The Balaban J connectivity index is 2.06. The minimum atomic E-state index is -1.42. The van der Waals surface area contributed by atoms with Gasteiger partial charge in [-0.05, 0) is 43.5 Å². The smallest absolute Gasteiger partial charge is 0.245 e. The van der Waals surface area contributed by atoms with Crippen molar-refractivity contribution >= 4 is 11.7 Å². The molecule has 0 spiro atoms. The van der Waals surface area contributed by atoms with Crippen LogP contribution < -0.4 is 5.32 Å². The van der Waals surface area contributed by atoms with Crippen molar-refractivity contribution in [2.45, 2.75) is 19.3 Å². The maximum absolute atomic E-state index is 13.1. The first-order valence-corrected chi connectivity index (χ1v) is 7.59. The molecule has 0 unspecified atom stereocenters. The number of hydrogen-bond donors (Lipinski definition) is 1. The van der Waals surface area contributed by atoms with E-state index in [4.69, 9.17) is 5.26 Å². The van der Waals surface area contributed by atoms with Crippen LogP contribution in [0.4, 0.5) is 4.39 Å². The molecule has 1 amide bonds. The molecule has 6 nitrogen and oxygen atoms in total.